The van der Waals surface area contributed by atoms with E-state index in [0.29, 0.717) is 36.8 Å². The van der Waals surface area contributed by atoms with Gasteiger partial charge in [-0.15, -0.1) is 0 Å². The maximum absolute atomic E-state index is 13.0. The highest BCUT2D eigenvalue weighted by Crippen LogP contribution is 2.32. The molecule has 1 fully saturated rings. The molecule has 1 aromatic carbocycles. The summed E-state index contributed by atoms with van der Waals surface area (Å²) in [5, 5.41) is 9.26. The highest BCUT2D eigenvalue weighted by Gasteiger charge is 2.30. The van der Waals surface area contributed by atoms with Crippen molar-refractivity contribution in [3.63, 3.8) is 0 Å². The first-order chi connectivity index (χ1) is 13.4. The summed E-state index contributed by atoms with van der Waals surface area (Å²) in [5.74, 6) is 0.483. The van der Waals surface area contributed by atoms with E-state index in [1.165, 1.54) is 6.07 Å². The number of piperazine rings is 1. The van der Waals surface area contributed by atoms with E-state index < -0.39 is 11.7 Å². The minimum absolute atomic E-state index is 0.0632. The van der Waals surface area contributed by atoms with Crippen LogP contribution in [0.1, 0.15) is 11.4 Å². The maximum Gasteiger partial charge on any atom is 0.416 e. The number of benzene rings is 1. The van der Waals surface area contributed by atoms with Crippen molar-refractivity contribution < 1.29 is 17.9 Å². The molecule has 1 aliphatic rings. The molecule has 1 saturated heterocycles. The summed E-state index contributed by atoms with van der Waals surface area (Å²) in [6.07, 6.45) is -4.44. The van der Waals surface area contributed by atoms with Crippen LogP contribution in [0.3, 0.4) is 0 Å². The van der Waals surface area contributed by atoms with E-state index in [4.69, 9.17) is 4.74 Å². The Hall–Kier alpha value is -2.70. The number of methoxy groups -OCH3 is 1. The molecular formula is C19H20F3N5O. The van der Waals surface area contributed by atoms with Crippen molar-refractivity contribution >= 4 is 5.82 Å². The van der Waals surface area contributed by atoms with Gasteiger partial charge in [-0.05, 0) is 12.1 Å². The third-order valence-corrected chi connectivity index (χ3v) is 4.61. The van der Waals surface area contributed by atoms with Crippen molar-refractivity contribution in [3.8, 4) is 17.3 Å². The first-order valence-electron chi connectivity index (χ1n) is 8.84. The molecule has 1 aromatic heterocycles. The van der Waals surface area contributed by atoms with Crippen molar-refractivity contribution in [2.24, 2.45) is 0 Å². The minimum Gasteiger partial charge on any atom is -0.383 e. The molecule has 0 aliphatic carbocycles. The maximum atomic E-state index is 13.0. The molecule has 0 N–H and O–H groups in total. The third kappa shape index (κ3) is 4.77. The number of alkyl halides is 3. The van der Waals surface area contributed by atoms with Gasteiger partial charge in [-0.3, -0.25) is 4.90 Å². The fraction of sp³-hybridized carbons (Fsp3) is 0.421. The van der Waals surface area contributed by atoms with Gasteiger partial charge in [0.25, 0.3) is 0 Å². The van der Waals surface area contributed by atoms with E-state index in [1.54, 1.807) is 19.2 Å². The Morgan fingerprint density at radius 1 is 1.14 bits per heavy atom. The number of nitriles is 1. The van der Waals surface area contributed by atoms with Gasteiger partial charge in [0, 0.05) is 51.5 Å². The van der Waals surface area contributed by atoms with Crippen molar-refractivity contribution in [2.75, 3.05) is 51.3 Å². The number of halogens is 3. The van der Waals surface area contributed by atoms with Crippen molar-refractivity contribution in [3.05, 3.63) is 41.7 Å². The first kappa shape index (κ1) is 20.0. The fourth-order valence-electron chi connectivity index (χ4n) is 3.07. The minimum atomic E-state index is -4.44. The molecule has 1 aliphatic heterocycles. The highest BCUT2D eigenvalue weighted by atomic mass is 19.4. The molecule has 0 saturated carbocycles. The molecule has 0 bridgehead atoms. The van der Waals surface area contributed by atoms with E-state index in [0.717, 1.165) is 31.8 Å². The lowest BCUT2D eigenvalue weighted by Crippen LogP contribution is -2.47. The molecule has 0 spiro atoms. The second-order valence-electron chi connectivity index (χ2n) is 6.45. The lowest BCUT2D eigenvalue weighted by Gasteiger charge is -2.35. The predicted octanol–water partition coefficient (Wildman–Crippen LogP) is 2.80. The largest absolute Gasteiger partial charge is 0.416 e. The lowest BCUT2D eigenvalue weighted by atomic mass is 10.1. The molecule has 6 nitrogen and oxygen atoms in total. The summed E-state index contributed by atoms with van der Waals surface area (Å²) in [5.41, 5.74) is -0.154. The zero-order chi connectivity index (χ0) is 20.1. The molecule has 148 valence electrons. The van der Waals surface area contributed by atoms with Crippen molar-refractivity contribution in [2.45, 2.75) is 6.18 Å². The van der Waals surface area contributed by atoms with E-state index in [1.807, 2.05) is 11.0 Å². The van der Waals surface area contributed by atoms with E-state index >= 15 is 0 Å². The standard InChI is InChI=1S/C19H20F3N5O/c1-28-10-9-26-5-7-27(8-6-26)18-12-16(24-17(13-23)25-18)14-3-2-4-15(11-14)19(20,21)22/h2-4,11-12H,5-10H2,1H3. The molecule has 0 radical (unpaired) electrons. The fourth-order valence-corrected chi connectivity index (χ4v) is 3.07. The number of rotatable bonds is 5. The summed E-state index contributed by atoms with van der Waals surface area (Å²) < 4.78 is 44.1. The normalized spacial score (nSPS) is 15.5. The monoisotopic (exact) mass is 391 g/mol. The van der Waals surface area contributed by atoms with Gasteiger partial charge in [0.1, 0.15) is 11.9 Å². The Kier molecular flexibility index (Phi) is 6.11. The van der Waals surface area contributed by atoms with Gasteiger partial charge < -0.3 is 9.64 Å². The number of hydrogen-bond donors (Lipinski definition) is 0. The average molecular weight is 391 g/mol. The molecule has 2 heterocycles. The molecule has 0 atom stereocenters. The van der Waals surface area contributed by atoms with Gasteiger partial charge in [-0.2, -0.15) is 18.4 Å². The van der Waals surface area contributed by atoms with Gasteiger partial charge >= 0.3 is 6.18 Å². The molecular weight excluding hydrogens is 371 g/mol. The van der Waals surface area contributed by atoms with Crippen LogP contribution in [0.15, 0.2) is 30.3 Å². The van der Waals surface area contributed by atoms with Gasteiger partial charge in [0.2, 0.25) is 5.82 Å². The van der Waals surface area contributed by atoms with Crippen LogP contribution in [0.25, 0.3) is 11.3 Å². The Morgan fingerprint density at radius 3 is 2.54 bits per heavy atom. The topological polar surface area (TPSA) is 65.3 Å². The Labute approximate surface area is 161 Å². The SMILES string of the molecule is COCCN1CCN(c2cc(-c3cccc(C(F)(F)F)c3)nc(C#N)n2)CC1. The van der Waals surface area contributed by atoms with Gasteiger partial charge in [-0.1, -0.05) is 12.1 Å². The molecule has 3 rings (SSSR count). The number of nitrogens with zero attached hydrogens (tertiary/aromatic N) is 5. The second kappa shape index (κ2) is 8.54. The predicted molar refractivity (Wildman–Crippen MR) is 97.7 cm³/mol. The summed E-state index contributed by atoms with van der Waals surface area (Å²) in [6, 6.07) is 8.47. The molecule has 0 unspecified atom stereocenters. The second-order valence-corrected chi connectivity index (χ2v) is 6.45. The Bertz CT molecular complexity index is 857. The van der Waals surface area contributed by atoms with Crippen molar-refractivity contribution in [1.82, 2.24) is 14.9 Å². The summed E-state index contributed by atoms with van der Waals surface area (Å²) in [7, 11) is 1.66. The summed E-state index contributed by atoms with van der Waals surface area (Å²) in [4.78, 5) is 12.6. The number of aromatic nitrogens is 2. The Morgan fingerprint density at radius 2 is 1.89 bits per heavy atom. The van der Waals surface area contributed by atoms with Gasteiger partial charge in [-0.25, -0.2) is 9.97 Å². The van der Waals surface area contributed by atoms with E-state index in [2.05, 4.69) is 14.9 Å². The van der Waals surface area contributed by atoms with Crippen LogP contribution in [-0.4, -0.2) is 61.3 Å². The van der Waals surface area contributed by atoms with E-state index in [9.17, 15) is 18.4 Å². The van der Waals surface area contributed by atoms with Crippen LogP contribution in [-0.2, 0) is 10.9 Å². The number of anilines is 1. The number of hydrogen-bond acceptors (Lipinski definition) is 6. The van der Waals surface area contributed by atoms with Gasteiger partial charge in [0.05, 0.1) is 17.9 Å². The first-order valence-corrected chi connectivity index (χ1v) is 8.84. The smallest absolute Gasteiger partial charge is 0.383 e. The van der Waals surface area contributed by atoms with Crippen LogP contribution >= 0.6 is 0 Å². The third-order valence-electron chi connectivity index (χ3n) is 4.61. The summed E-state index contributed by atoms with van der Waals surface area (Å²) in [6.45, 7) is 4.53. The molecule has 0 amide bonds. The highest BCUT2D eigenvalue weighted by molar-refractivity contribution is 5.64. The molecule has 2 aromatic rings. The van der Waals surface area contributed by atoms with Crippen LogP contribution in [0.2, 0.25) is 0 Å². The zero-order valence-electron chi connectivity index (χ0n) is 15.4. The zero-order valence-corrected chi connectivity index (χ0v) is 15.4. The van der Waals surface area contributed by atoms with Gasteiger partial charge in [0.15, 0.2) is 0 Å². The van der Waals surface area contributed by atoms with Crippen LogP contribution < -0.4 is 4.90 Å². The van der Waals surface area contributed by atoms with Crippen LogP contribution in [0.5, 0.6) is 0 Å². The van der Waals surface area contributed by atoms with Crippen LogP contribution in [0.4, 0.5) is 19.0 Å². The average Bonchev–Trinajstić information content (AvgIpc) is 2.71. The quantitative estimate of drug-likeness (QED) is 0.781. The van der Waals surface area contributed by atoms with Crippen LogP contribution in [0, 0.1) is 11.3 Å². The number of ether oxygens (including phenoxy) is 1. The lowest BCUT2D eigenvalue weighted by molar-refractivity contribution is -0.137. The molecule has 28 heavy (non-hydrogen) atoms. The van der Waals surface area contributed by atoms with E-state index in [-0.39, 0.29) is 5.82 Å². The van der Waals surface area contributed by atoms with Crippen molar-refractivity contribution in [1.29, 1.82) is 5.26 Å². The summed E-state index contributed by atoms with van der Waals surface area (Å²) >= 11 is 0. The molecule has 9 heteroatoms. The Balaban J connectivity index is 1.85.